The second kappa shape index (κ2) is 11.6. The third-order valence-corrected chi connectivity index (χ3v) is 7.02. The monoisotopic (exact) mass is 520 g/mol. The number of carboxylic acid groups (broad SMARTS) is 1. The number of rotatable bonds is 11. The number of ether oxygens (including phenoxy) is 2. The van der Waals surface area contributed by atoms with E-state index in [9.17, 15) is 19.4 Å². The van der Waals surface area contributed by atoms with Crippen molar-refractivity contribution in [3.63, 3.8) is 0 Å². The summed E-state index contributed by atoms with van der Waals surface area (Å²) in [4.78, 5) is 11.4. The van der Waals surface area contributed by atoms with E-state index in [4.69, 9.17) is 9.47 Å². The van der Waals surface area contributed by atoms with Gasteiger partial charge in [-0.2, -0.15) is 0 Å². The van der Waals surface area contributed by atoms with Gasteiger partial charge in [-0.15, -0.1) is 0 Å². The minimum atomic E-state index is -0.821. The first-order chi connectivity index (χ1) is 18.0. The van der Waals surface area contributed by atoms with Gasteiger partial charge in [0.15, 0.2) is 0 Å². The zero-order valence-electron chi connectivity index (χ0n) is 22.5. The highest BCUT2D eigenvalue weighted by Gasteiger charge is 2.33. The largest absolute Gasteiger partial charge is 0.497 e. The van der Waals surface area contributed by atoms with Crippen LogP contribution in [0.2, 0.25) is 0 Å². The Bertz CT molecular complexity index is 1280. The van der Waals surface area contributed by atoms with Crippen molar-refractivity contribution in [1.82, 2.24) is 0 Å². The minimum Gasteiger partial charge on any atom is -0.497 e. The van der Waals surface area contributed by atoms with Crippen LogP contribution in [0.3, 0.4) is 0 Å². The molecule has 0 radical (unpaired) electrons. The predicted molar refractivity (Wildman–Crippen MR) is 146 cm³/mol. The molecule has 2 atom stereocenters. The second-order valence-electron chi connectivity index (χ2n) is 11.5. The van der Waals surface area contributed by atoms with Gasteiger partial charge >= 0.3 is 5.97 Å². The van der Waals surface area contributed by atoms with Crippen molar-refractivity contribution in [3.05, 3.63) is 83.2 Å². The number of benzene rings is 3. The first-order valence-electron chi connectivity index (χ1n) is 13.1. The van der Waals surface area contributed by atoms with Crippen molar-refractivity contribution in [3.8, 4) is 22.6 Å². The van der Waals surface area contributed by atoms with Crippen LogP contribution in [-0.4, -0.2) is 23.3 Å². The van der Waals surface area contributed by atoms with Gasteiger partial charge in [-0.3, -0.25) is 4.79 Å². The first-order valence-corrected chi connectivity index (χ1v) is 13.1. The number of halogens is 1. The summed E-state index contributed by atoms with van der Waals surface area (Å²) in [5.41, 5.74) is 3.37. The summed E-state index contributed by atoms with van der Waals surface area (Å²) >= 11 is 0. The molecule has 202 valence electrons. The highest BCUT2D eigenvalue weighted by Crippen LogP contribution is 2.45. The zero-order valence-corrected chi connectivity index (χ0v) is 22.5. The van der Waals surface area contributed by atoms with Crippen LogP contribution in [0.25, 0.3) is 11.1 Å². The Morgan fingerprint density at radius 1 is 1.03 bits per heavy atom. The van der Waals surface area contributed by atoms with E-state index in [1.165, 1.54) is 13.2 Å². The highest BCUT2D eigenvalue weighted by molar-refractivity contribution is 5.71. The first kappa shape index (κ1) is 27.6. The molecule has 0 amide bonds. The van der Waals surface area contributed by atoms with Crippen LogP contribution in [0.15, 0.2) is 60.7 Å². The van der Waals surface area contributed by atoms with Crippen LogP contribution < -0.4 is 9.47 Å². The fourth-order valence-corrected chi connectivity index (χ4v) is 5.00. The molecule has 0 bridgehead atoms. The summed E-state index contributed by atoms with van der Waals surface area (Å²) < 4.78 is 26.3. The fraction of sp³-hybridized carbons (Fsp3) is 0.406. The second-order valence-corrected chi connectivity index (χ2v) is 11.5. The lowest BCUT2D eigenvalue weighted by atomic mass is 9.84. The topological polar surface area (TPSA) is 76.0 Å². The smallest absolute Gasteiger partial charge is 0.303 e. The third kappa shape index (κ3) is 7.13. The van der Waals surface area contributed by atoms with Crippen molar-refractivity contribution < 1.29 is 28.9 Å². The molecule has 4 rings (SSSR count). The predicted octanol–water partition coefficient (Wildman–Crippen LogP) is 7.52. The van der Waals surface area contributed by atoms with E-state index < -0.39 is 17.9 Å². The van der Waals surface area contributed by atoms with Crippen molar-refractivity contribution in [2.75, 3.05) is 7.11 Å². The van der Waals surface area contributed by atoms with Crippen molar-refractivity contribution >= 4 is 5.97 Å². The van der Waals surface area contributed by atoms with Crippen molar-refractivity contribution in [2.45, 2.75) is 65.1 Å². The van der Waals surface area contributed by atoms with Gasteiger partial charge in [0.25, 0.3) is 0 Å². The van der Waals surface area contributed by atoms with E-state index in [2.05, 4.69) is 20.8 Å². The Morgan fingerprint density at radius 3 is 2.42 bits per heavy atom. The fourth-order valence-electron chi connectivity index (χ4n) is 5.00. The molecule has 0 saturated heterocycles. The van der Waals surface area contributed by atoms with Crippen LogP contribution >= 0.6 is 0 Å². The SMILES string of the molecule is COc1ccc(F)c(-c2ccc(OCc3cccc(C(CC(=O)O)C4CC4)c3)cc2C(O)CC(C)(C)C)c1. The van der Waals surface area contributed by atoms with Gasteiger partial charge in [0.1, 0.15) is 23.9 Å². The number of methoxy groups -OCH3 is 1. The van der Waals surface area contributed by atoms with Gasteiger partial charge in [0, 0.05) is 5.56 Å². The van der Waals surface area contributed by atoms with Crippen LogP contribution in [-0.2, 0) is 11.4 Å². The maximum atomic E-state index is 14.9. The van der Waals surface area contributed by atoms with E-state index in [1.54, 1.807) is 30.3 Å². The molecular formula is C32H37FO5. The van der Waals surface area contributed by atoms with Crippen LogP contribution in [0.4, 0.5) is 4.39 Å². The molecule has 0 aliphatic heterocycles. The van der Waals surface area contributed by atoms with Gasteiger partial charge in [-0.25, -0.2) is 4.39 Å². The molecular weight excluding hydrogens is 483 g/mol. The number of aliphatic carboxylic acids is 1. The van der Waals surface area contributed by atoms with Crippen molar-refractivity contribution in [1.29, 1.82) is 0 Å². The Morgan fingerprint density at radius 2 is 1.76 bits per heavy atom. The van der Waals surface area contributed by atoms with Gasteiger partial charge in [-0.05, 0) is 89.1 Å². The van der Waals surface area contributed by atoms with E-state index in [1.807, 2.05) is 24.3 Å². The molecule has 1 saturated carbocycles. The van der Waals surface area contributed by atoms with Gasteiger partial charge in [0.05, 0.1) is 19.6 Å². The lowest BCUT2D eigenvalue weighted by Crippen LogP contribution is -2.13. The van der Waals surface area contributed by atoms with Crippen LogP contribution in [0.5, 0.6) is 11.5 Å². The average molecular weight is 521 g/mol. The molecule has 6 heteroatoms. The van der Waals surface area contributed by atoms with E-state index in [-0.39, 0.29) is 17.8 Å². The van der Waals surface area contributed by atoms with E-state index >= 15 is 0 Å². The molecule has 3 aromatic rings. The standard InChI is InChI=1S/C32H37FO5/c1-32(2,3)18-30(34)28-16-24(10-12-25(28)27-15-23(37-4)11-13-29(27)33)38-19-20-6-5-7-22(14-20)26(17-31(35)36)21-8-9-21/h5-7,10-16,21,26,30,34H,8-9,17-19H2,1-4H3,(H,35,36). The molecule has 2 unspecified atom stereocenters. The summed E-state index contributed by atoms with van der Waals surface area (Å²) in [5, 5.41) is 20.6. The molecule has 0 heterocycles. The average Bonchev–Trinajstić information content (AvgIpc) is 3.71. The Hall–Kier alpha value is -3.38. The number of hydrogen-bond acceptors (Lipinski definition) is 4. The van der Waals surface area contributed by atoms with Crippen molar-refractivity contribution in [2.24, 2.45) is 11.3 Å². The number of aliphatic hydroxyl groups excluding tert-OH is 1. The highest BCUT2D eigenvalue weighted by atomic mass is 19.1. The summed E-state index contributed by atoms with van der Waals surface area (Å²) in [5.74, 6) is 0.367. The lowest BCUT2D eigenvalue weighted by Gasteiger charge is -2.25. The maximum Gasteiger partial charge on any atom is 0.303 e. The zero-order chi connectivity index (χ0) is 27.4. The Kier molecular flexibility index (Phi) is 8.41. The molecule has 1 aliphatic rings. The molecule has 3 aromatic carbocycles. The molecule has 0 spiro atoms. The van der Waals surface area contributed by atoms with E-state index in [0.717, 1.165) is 24.0 Å². The normalized spacial score (nSPS) is 15.1. The number of hydrogen-bond donors (Lipinski definition) is 2. The Balaban J connectivity index is 1.60. The number of carboxylic acids is 1. The van der Waals surface area contributed by atoms with E-state index in [0.29, 0.717) is 47.1 Å². The summed E-state index contributed by atoms with van der Waals surface area (Å²) in [7, 11) is 1.53. The lowest BCUT2D eigenvalue weighted by molar-refractivity contribution is -0.137. The summed E-state index contributed by atoms with van der Waals surface area (Å²) in [6.45, 7) is 6.44. The number of carbonyl (C=O) groups is 1. The molecule has 5 nitrogen and oxygen atoms in total. The molecule has 1 aliphatic carbocycles. The summed E-state index contributed by atoms with van der Waals surface area (Å²) in [6, 6.07) is 17.8. The molecule has 1 fully saturated rings. The number of aliphatic hydroxyl groups is 1. The third-order valence-electron chi connectivity index (χ3n) is 7.02. The van der Waals surface area contributed by atoms with Gasteiger partial charge in [0.2, 0.25) is 0 Å². The Labute approximate surface area is 224 Å². The van der Waals surface area contributed by atoms with Gasteiger partial charge in [-0.1, -0.05) is 51.1 Å². The van der Waals surface area contributed by atoms with Gasteiger partial charge < -0.3 is 19.7 Å². The summed E-state index contributed by atoms with van der Waals surface area (Å²) in [6.07, 6.45) is 1.94. The molecule has 0 aromatic heterocycles. The maximum absolute atomic E-state index is 14.9. The minimum absolute atomic E-state index is 0.0173. The van der Waals surface area contributed by atoms with Crippen LogP contribution in [0, 0.1) is 17.2 Å². The quantitative estimate of drug-likeness (QED) is 0.273. The molecule has 38 heavy (non-hydrogen) atoms. The molecule has 2 N–H and O–H groups in total. The van der Waals surface area contributed by atoms with Crippen LogP contribution in [0.1, 0.15) is 75.2 Å².